The van der Waals surface area contributed by atoms with Crippen molar-refractivity contribution in [3.8, 4) is 0 Å². The van der Waals surface area contributed by atoms with Crippen LogP contribution in [-0.4, -0.2) is 5.91 Å². The number of nitrogens with zero attached hydrogens (tertiary/aromatic N) is 1. The molecule has 0 spiro atoms. The number of carbonyl (C=O) groups is 1. The van der Waals surface area contributed by atoms with Crippen LogP contribution in [0.3, 0.4) is 0 Å². The van der Waals surface area contributed by atoms with Crippen LogP contribution in [-0.2, 0) is 23.2 Å². The monoisotopic (exact) mass is 353 g/mol. The van der Waals surface area contributed by atoms with E-state index >= 15 is 0 Å². The van der Waals surface area contributed by atoms with Crippen molar-refractivity contribution in [3.05, 3.63) is 114 Å². The molecule has 0 aromatic heterocycles. The Balaban J connectivity index is 1.79. The standard InChI is InChI=1S/C25H23NO/c1-2-17-25(18-20-11-5-3-6-12-20)22-15-9-10-16-23(22)26(24(25)27)19-21-13-7-4-8-14-21/h2-16H,1,17-19H2. The molecule has 0 saturated carbocycles. The molecule has 27 heavy (non-hydrogen) atoms. The highest BCUT2D eigenvalue weighted by Crippen LogP contribution is 2.46. The third kappa shape index (κ3) is 3.08. The van der Waals surface area contributed by atoms with Crippen molar-refractivity contribution < 1.29 is 4.79 Å². The summed E-state index contributed by atoms with van der Waals surface area (Å²) in [6.07, 6.45) is 3.19. The summed E-state index contributed by atoms with van der Waals surface area (Å²) in [6.45, 7) is 4.54. The first-order chi connectivity index (χ1) is 13.2. The minimum Gasteiger partial charge on any atom is -0.307 e. The number of amides is 1. The summed E-state index contributed by atoms with van der Waals surface area (Å²) in [7, 11) is 0. The molecule has 1 heterocycles. The Kier molecular flexibility index (Phi) is 4.64. The predicted molar refractivity (Wildman–Crippen MR) is 111 cm³/mol. The van der Waals surface area contributed by atoms with Crippen LogP contribution in [0, 0.1) is 0 Å². The Bertz CT molecular complexity index is 948. The molecule has 3 aromatic carbocycles. The molecule has 1 atom stereocenters. The Hall–Kier alpha value is -3.13. The molecule has 0 N–H and O–H groups in total. The topological polar surface area (TPSA) is 20.3 Å². The maximum atomic E-state index is 13.8. The molecule has 4 rings (SSSR count). The van der Waals surface area contributed by atoms with Crippen LogP contribution in [0.2, 0.25) is 0 Å². The fourth-order valence-corrected chi connectivity index (χ4v) is 4.15. The van der Waals surface area contributed by atoms with Gasteiger partial charge in [0, 0.05) is 5.69 Å². The van der Waals surface area contributed by atoms with Gasteiger partial charge in [-0.1, -0.05) is 84.9 Å². The van der Waals surface area contributed by atoms with Crippen molar-refractivity contribution in [2.24, 2.45) is 0 Å². The summed E-state index contributed by atoms with van der Waals surface area (Å²) in [5.41, 5.74) is 3.84. The highest BCUT2D eigenvalue weighted by atomic mass is 16.2. The second kappa shape index (κ2) is 7.24. The Morgan fingerprint density at radius 3 is 2.07 bits per heavy atom. The summed E-state index contributed by atoms with van der Waals surface area (Å²) in [4.78, 5) is 15.7. The number of carbonyl (C=O) groups excluding carboxylic acids is 1. The third-order valence-corrected chi connectivity index (χ3v) is 5.39. The number of para-hydroxylation sites is 1. The van der Waals surface area contributed by atoms with Gasteiger partial charge in [-0.15, -0.1) is 6.58 Å². The van der Waals surface area contributed by atoms with Crippen molar-refractivity contribution in [2.45, 2.75) is 24.8 Å². The minimum atomic E-state index is -0.589. The lowest BCUT2D eigenvalue weighted by atomic mass is 9.74. The molecule has 134 valence electrons. The smallest absolute Gasteiger partial charge is 0.238 e. The lowest BCUT2D eigenvalue weighted by Crippen LogP contribution is -2.41. The van der Waals surface area contributed by atoms with E-state index in [0.717, 1.165) is 16.8 Å². The van der Waals surface area contributed by atoms with E-state index in [1.807, 2.05) is 59.5 Å². The average Bonchev–Trinajstić information content (AvgIpc) is 2.93. The molecule has 0 saturated heterocycles. The van der Waals surface area contributed by atoms with Gasteiger partial charge in [0.1, 0.15) is 0 Å². The zero-order valence-electron chi connectivity index (χ0n) is 15.3. The van der Waals surface area contributed by atoms with Crippen LogP contribution in [0.4, 0.5) is 5.69 Å². The van der Waals surface area contributed by atoms with Gasteiger partial charge >= 0.3 is 0 Å². The molecular formula is C25H23NO. The zero-order chi connectivity index (χ0) is 18.7. The van der Waals surface area contributed by atoms with E-state index < -0.39 is 5.41 Å². The highest BCUT2D eigenvalue weighted by molar-refractivity contribution is 6.08. The number of anilines is 1. The second-order valence-electron chi connectivity index (χ2n) is 7.13. The van der Waals surface area contributed by atoms with Gasteiger partial charge < -0.3 is 4.90 Å². The normalized spacial score (nSPS) is 18.4. The largest absolute Gasteiger partial charge is 0.307 e. The van der Waals surface area contributed by atoms with Gasteiger partial charge in [0.05, 0.1) is 12.0 Å². The summed E-state index contributed by atoms with van der Waals surface area (Å²) >= 11 is 0. The van der Waals surface area contributed by atoms with Crippen LogP contribution in [0.25, 0.3) is 0 Å². The Labute approximate surface area is 160 Å². The number of rotatable bonds is 6. The van der Waals surface area contributed by atoms with Crippen LogP contribution in [0.1, 0.15) is 23.1 Å². The molecule has 0 radical (unpaired) electrons. The summed E-state index contributed by atoms with van der Waals surface area (Å²) in [5.74, 6) is 0.163. The van der Waals surface area contributed by atoms with Crippen LogP contribution in [0.5, 0.6) is 0 Å². The number of benzene rings is 3. The zero-order valence-corrected chi connectivity index (χ0v) is 15.3. The van der Waals surface area contributed by atoms with Gasteiger partial charge in [-0.3, -0.25) is 4.79 Å². The fourth-order valence-electron chi connectivity index (χ4n) is 4.15. The van der Waals surface area contributed by atoms with Crippen LogP contribution >= 0.6 is 0 Å². The molecule has 1 aliphatic rings. The number of hydrogen-bond acceptors (Lipinski definition) is 1. The Morgan fingerprint density at radius 2 is 1.41 bits per heavy atom. The van der Waals surface area contributed by atoms with Gasteiger partial charge in [-0.05, 0) is 35.6 Å². The molecule has 1 amide bonds. The summed E-state index contributed by atoms with van der Waals surface area (Å²) in [6, 6.07) is 28.6. The highest BCUT2D eigenvalue weighted by Gasteiger charge is 2.49. The van der Waals surface area contributed by atoms with E-state index in [-0.39, 0.29) is 5.91 Å². The molecule has 3 aromatic rings. The molecule has 0 fully saturated rings. The van der Waals surface area contributed by atoms with Gasteiger partial charge in [0.2, 0.25) is 5.91 Å². The van der Waals surface area contributed by atoms with Gasteiger partial charge in [0.15, 0.2) is 0 Å². The third-order valence-electron chi connectivity index (χ3n) is 5.39. The minimum absolute atomic E-state index is 0.163. The van der Waals surface area contributed by atoms with E-state index in [1.165, 1.54) is 5.56 Å². The van der Waals surface area contributed by atoms with Crippen molar-refractivity contribution in [1.82, 2.24) is 0 Å². The number of allylic oxidation sites excluding steroid dienone is 1. The maximum Gasteiger partial charge on any atom is 0.238 e. The summed E-state index contributed by atoms with van der Waals surface area (Å²) in [5, 5.41) is 0. The first kappa shape index (κ1) is 17.3. The lowest BCUT2D eigenvalue weighted by Gasteiger charge is -2.28. The van der Waals surface area contributed by atoms with Crippen molar-refractivity contribution in [2.75, 3.05) is 4.90 Å². The van der Waals surface area contributed by atoms with Crippen molar-refractivity contribution >= 4 is 11.6 Å². The fraction of sp³-hybridized carbons (Fsp3) is 0.160. The van der Waals surface area contributed by atoms with Crippen molar-refractivity contribution in [3.63, 3.8) is 0 Å². The predicted octanol–water partition coefficient (Wildman–Crippen LogP) is 5.29. The molecule has 2 heteroatoms. The molecule has 1 aliphatic heterocycles. The molecule has 2 nitrogen and oxygen atoms in total. The maximum absolute atomic E-state index is 13.8. The number of hydrogen-bond donors (Lipinski definition) is 0. The second-order valence-corrected chi connectivity index (χ2v) is 7.13. The molecule has 1 unspecified atom stereocenters. The Morgan fingerprint density at radius 1 is 0.815 bits per heavy atom. The van der Waals surface area contributed by atoms with E-state index in [0.29, 0.717) is 19.4 Å². The van der Waals surface area contributed by atoms with E-state index in [1.54, 1.807) is 0 Å². The average molecular weight is 353 g/mol. The van der Waals surface area contributed by atoms with Gasteiger partial charge in [-0.2, -0.15) is 0 Å². The van der Waals surface area contributed by atoms with Crippen LogP contribution < -0.4 is 4.90 Å². The SMILES string of the molecule is C=CCC1(Cc2ccccc2)C(=O)N(Cc2ccccc2)c2ccccc21. The van der Waals surface area contributed by atoms with Crippen LogP contribution in [0.15, 0.2) is 97.6 Å². The van der Waals surface area contributed by atoms with E-state index in [2.05, 4.69) is 43.0 Å². The van der Waals surface area contributed by atoms with Gasteiger partial charge in [-0.25, -0.2) is 0 Å². The molecular weight excluding hydrogens is 330 g/mol. The van der Waals surface area contributed by atoms with Crippen molar-refractivity contribution in [1.29, 1.82) is 0 Å². The first-order valence-electron chi connectivity index (χ1n) is 9.35. The number of fused-ring (bicyclic) bond motifs is 1. The molecule has 0 bridgehead atoms. The van der Waals surface area contributed by atoms with E-state index in [9.17, 15) is 4.79 Å². The van der Waals surface area contributed by atoms with E-state index in [4.69, 9.17) is 0 Å². The van der Waals surface area contributed by atoms with Gasteiger partial charge in [0.25, 0.3) is 0 Å². The lowest BCUT2D eigenvalue weighted by molar-refractivity contribution is -0.123. The molecule has 0 aliphatic carbocycles. The first-order valence-corrected chi connectivity index (χ1v) is 9.35. The summed E-state index contributed by atoms with van der Waals surface area (Å²) < 4.78 is 0. The quantitative estimate of drug-likeness (QED) is 0.551.